The average Bonchev–Trinajstić information content (AvgIpc) is 2.88. The van der Waals surface area contributed by atoms with Crippen molar-refractivity contribution in [3.8, 4) is 0 Å². The molecule has 0 saturated carbocycles. The van der Waals surface area contributed by atoms with Gasteiger partial charge < -0.3 is 25.6 Å². The summed E-state index contributed by atoms with van der Waals surface area (Å²) in [6.45, 7) is 6.41. The van der Waals surface area contributed by atoms with E-state index in [0.29, 0.717) is 39.0 Å². The van der Waals surface area contributed by atoms with Crippen molar-refractivity contribution in [3.63, 3.8) is 0 Å². The zero-order valence-corrected chi connectivity index (χ0v) is 21.5. The molecule has 0 bridgehead atoms. The van der Waals surface area contributed by atoms with E-state index in [2.05, 4.69) is 5.32 Å². The first-order valence-electron chi connectivity index (χ1n) is 12.6. The summed E-state index contributed by atoms with van der Waals surface area (Å²) in [5.74, 6) is -0.550. The summed E-state index contributed by atoms with van der Waals surface area (Å²) < 4.78 is 5.81. The molecule has 194 valence electrons. The second-order valence-electron chi connectivity index (χ2n) is 9.76. The molecule has 2 aromatic rings. The van der Waals surface area contributed by atoms with Gasteiger partial charge in [-0.2, -0.15) is 0 Å². The third kappa shape index (κ3) is 7.38. The first-order chi connectivity index (χ1) is 17.2. The van der Waals surface area contributed by atoms with Crippen LogP contribution in [0.1, 0.15) is 45.6 Å². The van der Waals surface area contributed by atoms with Crippen LogP contribution < -0.4 is 16.0 Å². The van der Waals surface area contributed by atoms with Crippen LogP contribution in [0, 0.1) is 0 Å². The number of hydrogen-bond donors (Lipinski definition) is 2. The summed E-state index contributed by atoms with van der Waals surface area (Å²) in [7, 11) is 0. The van der Waals surface area contributed by atoms with E-state index in [1.807, 2.05) is 72.5 Å². The Labute approximate surface area is 213 Å². The van der Waals surface area contributed by atoms with E-state index >= 15 is 0 Å². The third-order valence-corrected chi connectivity index (χ3v) is 6.33. The minimum atomic E-state index is -1.12. The Morgan fingerprint density at radius 2 is 1.64 bits per heavy atom. The lowest BCUT2D eigenvalue weighted by molar-refractivity contribution is -0.140. The maximum atomic E-state index is 13.4. The van der Waals surface area contributed by atoms with Crippen molar-refractivity contribution in [2.75, 3.05) is 24.6 Å². The number of ether oxygens (including phenoxy) is 1. The van der Waals surface area contributed by atoms with Crippen LogP contribution in [-0.2, 0) is 25.7 Å². The number of amides is 3. The summed E-state index contributed by atoms with van der Waals surface area (Å²) in [6.07, 6.45) is 1.72. The Morgan fingerprint density at radius 3 is 2.19 bits per heavy atom. The van der Waals surface area contributed by atoms with Crippen LogP contribution in [0.5, 0.6) is 0 Å². The number of rotatable bonds is 10. The lowest BCUT2D eigenvalue weighted by atomic mass is 10.0. The minimum absolute atomic E-state index is 0.00856. The molecule has 0 spiro atoms. The normalized spacial score (nSPS) is 15.3. The Morgan fingerprint density at radius 1 is 1.06 bits per heavy atom. The van der Waals surface area contributed by atoms with Crippen LogP contribution in [0.15, 0.2) is 60.7 Å². The molecule has 0 aliphatic carbocycles. The van der Waals surface area contributed by atoms with Gasteiger partial charge in [-0.25, -0.2) is 0 Å². The molecule has 0 aromatic heterocycles. The van der Waals surface area contributed by atoms with Crippen molar-refractivity contribution < 1.29 is 19.1 Å². The van der Waals surface area contributed by atoms with Crippen molar-refractivity contribution in [3.05, 3.63) is 66.2 Å². The topological polar surface area (TPSA) is 105 Å². The van der Waals surface area contributed by atoms with Crippen LogP contribution in [0.4, 0.5) is 5.69 Å². The SMILES string of the molecule is CCC(=O)N(c1ccccc1)C1CCN(C(=O)[C@@H](COCc2ccccc2)NC(=O)C(C)(C)N)CC1. The molecule has 1 heterocycles. The quantitative estimate of drug-likeness (QED) is 0.529. The highest BCUT2D eigenvalue weighted by atomic mass is 16.5. The van der Waals surface area contributed by atoms with E-state index < -0.39 is 17.5 Å². The summed E-state index contributed by atoms with van der Waals surface area (Å²) in [5.41, 5.74) is 6.69. The molecule has 1 aliphatic rings. The summed E-state index contributed by atoms with van der Waals surface area (Å²) >= 11 is 0. The molecule has 1 saturated heterocycles. The summed E-state index contributed by atoms with van der Waals surface area (Å²) in [6, 6.07) is 18.5. The number of benzene rings is 2. The molecule has 1 atom stereocenters. The van der Waals surface area contributed by atoms with Crippen molar-refractivity contribution in [2.45, 2.75) is 64.3 Å². The predicted octanol–water partition coefficient (Wildman–Crippen LogP) is 2.86. The van der Waals surface area contributed by atoms with Gasteiger partial charge in [-0.05, 0) is 44.4 Å². The van der Waals surface area contributed by atoms with E-state index in [0.717, 1.165) is 11.3 Å². The maximum Gasteiger partial charge on any atom is 0.247 e. The fraction of sp³-hybridized carbons (Fsp3) is 0.464. The summed E-state index contributed by atoms with van der Waals surface area (Å²) in [5, 5.41) is 2.78. The average molecular weight is 495 g/mol. The van der Waals surface area contributed by atoms with Crippen LogP contribution in [0.3, 0.4) is 0 Å². The van der Waals surface area contributed by atoms with Gasteiger partial charge >= 0.3 is 0 Å². The lowest BCUT2D eigenvalue weighted by Crippen LogP contribution is -2.59. The molecule has 3 amide bonds. The summed E-state index contributed by atoms with van der Waals surface area (Å²) in [4.78, 5) is 42.4. The number of nitrogens with one attached hydrogen (secondary N) is 1. The molecule has 1 fully saturated rings. The van der Waals surface area contributed by atoms with E-state index in [1.54, 1.807) is 18.7 Å². The molecule has 8 nitrogen and oxygen atoms in total. The standard InChI is InChI=1S/C28H38N4O4/c1-4-25(33)32(22-13-9-6-10-14-22)23-15-17-31(18-16-23)26(34)24(30-27(35)28(2,3)29)20-36-19-21-11-7-5-8-12-21/h5-14,23-24H,4,15-20,29H2,1-3H3,(H,30,35)/t24-/m1/s1. The number of nitrogens with two attached hydrogens (primary N) is 1. The highest BCUT2D eigenvalue weighted by molar-refractivity contribution is 5.94. The van der Waals surface area contributed by atoms with Crippen LogP contribution >= 0.6 is 0 Å². The number of anilines is 1. The minimum Gasteiger partial charge on any atom is -0.374 e. The highest BCUT2D eigenvalue weighted by Gasteiger charge is 2.34. The smallest absolute Gasteiger partial charge is 0.247 e. The highest BCUT2D eigenvalue weighted by Crippen LogP contribution is 2.25. The van der Waals surface area contributed by atoms with Crippen molar-refractivity contribution in [1.82, 2.24) is 10.2 Å². The monoisotopic (exact) mass is 494 g/mol. The number of piperidine rings is 1. The van der Waals surface area contributed by atoms with Crippen LogP contribution in [0.25, 0.3) is 0 Å². The number of carbonyl (C=O) groups is 3. The zero-order chi connectivity index (χ0) is 26.1. The molecular formula is C28H38N4O4. The molecule has 3 rings (SSSR count). The number of nitrogens with zero attached hydrogens (tertiary/aromatic N) is 2. The molecule has 36 heavy (non-hydrogen) atoms. The van der Waals surface area contributed by atoms with Gasteiger partial charge in [0.2, 0.25) is 17.7 Å². The van der Waals surface area contributed by atoms with Gasteiger partial charge in [-0.15, -0.1) is 0 Å². The molecule has 3 N–H and O–H groups in total. The maximum absolute atomic E-state index is 13.4. The van der Waals surface area contributed by atoms with Crippen LogP contribution in [0.2, 0.25) is 0 Å². The van der Waals surface area contributed by atoms with Gasteiger partial charge in [-0.1, -0.05) is 55.5 Å². The Balaban J connectivity index is 1.65. The number of para-hydroxylation sites is 1. The van der Waals surface area contributed by atoms with Gasteiger partial charge in [-0.3, -0.25) is 14.4 Å². The largest absolute Gasteiger partial charge is 0.374 e. The second-order valence-corrected chi connectivity index (χ2v) is 9.76. The lowest BCUT2D eigenvalue weighted by Gasteiger charge is -2.39. The van der Waals surface area contributed by atoms with Crippen molar-refractivity contribution >= 4 is 23.4 Å². The molecule has 2 aromatic carbocycles. The third-order valence-electron chi connectivity index (χ3n) is 6.33. The first-order valence-corrected chi connectivity index (χ1v) is 12.6. The van der Waals surface area contributed by atoms with Crippen molar-refractivity contribution in [2.24, 2.45) is 5.73 Å². The van der Waals surface area contributed by atoms with Gasteiger partial charge in [0.15, 0.2) is 0 Å². The molecule has 8 heteroatoms. The Hall–Kier alpha value is -3.23. The second kappa shape index (κ2) is 12.6. The van der Waals surface area contributed by atoms with E-state index in [4.69, 9.17) is 10.5 Å². The van der Waals surface area contributed by atoms with E-state index in [1.165, 1.54) is 0 Å². The van der Waals surface area contributed by atoms with Crippen molar-refractivity contribution in [1.29, 1.82) is 0 Å². The molecule has 0 unspecified atom stereocenters. The fourth-order valence-corrected chi connectivity index (χ4v) is 4.27. The number of carbonyl (C=O) groups excluding carboxylic acids is 3. The molecule has 1 aliphatic heterocycles. The first kappa shape index (κ1) is 27.4. The van der Waals surface area contributed by atoms with E-state index in [9.17, 15) is 14.4 Å². The van der Waals surface area contributed by atoms with Gasteiger partial charge in [0.25, 0.3) is 0 Å². The Kier molecular flexibility index (Phi) is 9.61. The molecule has 0 radical (unpaired) electrons. The molecular weight excluding hydrogens is 456 g/mol. The van der Waals surface area contributed by atoms with Gasteiger partial charge in [0.05, 0.1) is 18.8 Å². The van der Waals surface area contributed by atoms with Crippen LogP contribution in [-0.4, -0.2) is 59.9 Å². The van der Waals surface area contributed by atoms with Gasteiger partial charge in [0.1, 0.15) is 6.04 Å². The fourth-order valence-electron chi connectivity index (χ4n) is 4.27. The Bertz CT molecular complexity index is 999. The zero-order valence-electron chi connectivity index (χ0n) is 21.5. The number of likely N-dealkylation sites (tertiary alicyclic amines) is 1. The number of hydrogen-bond acceptors (Lipinski definition) is 5. The van der Waals surface area contributed by atoms with Gasteiger partial charge in [0, 0.05) is 31.2 Å². The predicted molar refractivity (Wildman–Crippen MR) is 140 cm³/mol. The van der Waals surface area contributed by atoms with E-state index in [-0.39, 0.29) is 24.5 Å².